The van der Waals surface area contributed by atoms with Gasteiger partial charge in [0.05, 0.1) is 0 Å². The molecular weight excluding hydrogens is 134 g/mol. The van der Waals surface area contributed by atoms with Crippen molar-refractivity contribution in [3.8, 4) is 0 Å². The highest BCUT2D eigenvalue weighted by molar-refractivity contribution is 6.48. The van der Waals surface area contributed by atoms with E-state index in [1.807, 2.05) is 0 Å². The molecule has 4 heteroatoms. The molecule has 2 N–H and O–H groups in total. The van der Waals surface area contributed by atoms with Gasteiger partial charge in [0.15, 0.2) is 0 Å². The van der Waals surface area contributed by atoms with Crippen LogP contribution in [0.25, 0.3) is 0 Å². The number of allylic oxidation sites excluding steroid dienone is 3. The Labute approximate surface area is 56.8 Å². The average Bonchev–Trinajstić information content (AvgIpc) is 1.88. The van der Waals surface area contributed by atoms with Crippen molar-refractivity contribution in [2.24, 2.45) is 5.16 Å². The fourth-order valence-electron chi connectivity index (χ4n) is 0.585. The molecule has 1 aliphatic rings. The highest BCUT2D eigenvalue weighted by Crippen LogP contribution is 2.01. The highest BCUT2D eigenvalue weighted by atomic mass is 16.4. The fourth-order valence-corrected chi connectivity index (χ4v) is 0.585. The zero-order valence-corrected chi connectivity index (χ0v) is 4.98. The smallest absolute Gasteiger partial charge is 0.211 e. The number of aliphatic hydroxyl groups excluding tert-OH is 1. The number of aliphatic hydroxyl groups is 1. The van der Waals surface area contributed by atoms with Crippen molar-refractivity contribution < 1.29 is 15.1 Å². The first-order valence-corrected chi connectivity index (χ1v) is 2.59. The molecule has 0 bridgehead atoms. The van der Waals surface area contributed by atoms with Gasteiger partial charge in [-0.25, -0.2) is 0 Å². The number of ketones is 1. The fraction of sp³-hybridized carbons (Fsp3) is 0. The van der Waals surface area contributed by atoms with E-state index in [1.165, 1.54) is 12.2 Å². The van der Waals surface area contributed by atoms with Crippen LogP contribution in [0.1, 0.15) is 0 Å². The van der Waals surface area contributed by atoms with Crippen molar-refractivity contribution >= 4 is 11.5 Å². The Kier molecular flexibility index (Phi) is 1.53. The molecule has 10 heavy (non-hydrogen) atoms. The molecule has 0 atom stereocenters. The monoisotopic (exact) mass is 139 g/mol. The van der Waals surface area contributed by atoms with Crippen LogP contribution in [0.5, 0.6) is 0 Å². The quantitative estimate of drug-likeness (QED) is 0.290. The largest absolute Gasteiger partial charge is 0.508 e. The minimum absolute atomic E-state index is 0.0715. The van der Waals surface area contributed by atoms with Crippen LogP contribution in [0.4, 0.5) is 0 Å². The summed E-state index contributed by atoms with van der Waals surface area (Å²) in [6.07, 6.45) is 3.49. The number of carbonyl (C=O) groups excluding carboxylic acids is 1. The third-order valence-corrected chi connectivity index (χ3v) is 1.05. The summed E-state index contributed by atoms with van der Waals surface area (Å²) in [7, 11) is 0. The predicted octanol–water partition coefficient (Wildman–Crippen LogP) is 0.397. The number of nitrogens with zero attached hydrogens (tertiary/aromatic N) is 1. The molecule has 0 amide bonds. The molecule has 4 nitrogen and oxygen atoms in total. The van der Waals surface area contributed by atoms with Gasteiger partial charge in [-0.15, -0.1) is 0 Å². The lowest BCUT2D eigenvalue weighted by Gasteiger charge is -1.98. The minimum atomic E-state index is -0.498. The van der Waals surface area contributed by atoms with Crippen LogP contribution in [0.3, 0.4) is 0 Å². The van der Waals surface area contributed by atoms with Crippen molar-refractivity contribution in [2.75, 3.05) is 0 Å². The number of oxime groups is 1. The van der Waals surface area contributed by atoms with E-state index in [-0.39, 0.29) is 11.5 Å². The van der Waals surface area contributed by atoms with Gasteiger partial charge in [0, 0.05) is 6.08 Å². The summed E-state index contributed by atoms with van der Waals surface area (Å²) in [5, 5.41) is 19.5. The lowest BCUT2D eigenvalue weighted by atomic mass is 10.1. The lowest BCUT2D eigenvalue weighted by Crippen LogP contribution is -2.12. The Morgan fingerprint density at radius 3 is 2.60 bits per heavy atom. The molecule has 0 saturated carbocycles. The van der Waals surface area contributed by atoms with Gasteiger partial charge in [0.1, 0.15) is 11.5 Å². The van der Waals surface area contributed by atoms with Crippen molar-refractivity contribution in [3.05, 3.63) is 24.0 Å². The van der Waals surface area contributed by atoms with E-state index in [4.69, 9.17) is 10.3 Å². The lowest BCUT2D eigenvalue weighted by molar-refractivity contribution is -0.109. The zero-order chi connectivity index (χ0) is 7.56. The van der Waals surface area contributed by atoms with Gasteiger partial charge in [-0.3, -0.25) is 4.79 Å². The van der Waals surface area contributed by atoms with Crippen LogP contribution in [-0.2, 0) is 4.79 Å². The summed E-state index contributed by atoms with van der Waals surface area (Å²) in [6.45, 7) is 0. The second kappa shape index (κ2) is 2.34. The summed E-state index contributed by atoms with van der Waals surface area (Å²) < 4.78 is 0. The van der Waals surface area contributed by atoms with Crippen molar-refractivity contribution in [1.29, 1.82) is 0 Å². The molecule has 0 saturated heterocycles. The van der Waals surface area contributed by atoms with E-state index in [9.17, 15) is 4.79 Å². The van der Waals surface area contributed by atoms with E-state index in [1.54, 1.807) is 0 Å². The maximum Gasteiger partial charge on any atom is 0.211 e. The molecule has 0 fully saturated rings. The van der Waals surface area contributed by atoms with E-state index in [2.05, 4.69) is 5.16 Å². The number of hydrogen-bond donors (Lipinski definition) is 2. The molecule has 0 unspecified atom stereocenters. The SMILES string of the molecule is O=C1C=C(O)C=CC1=NO. The van der Waals surface area contributed by atoms with Crippen LogP contribution in [-0.4, -0.2) is 21.8 Å². The maximum atomic E-state index is 10.7. The van der Waals surface area contributed by atoms with Crippen molar-refractivity contribution in [3.63, 3.8) is 0 Å². The molecule has 1 rings (SSSR count). The summed E-state index contributed by atoms with van der Waals surface area (Å²) >= 11 is 0. The maximum absolute atomic E-state index is 10.7. The van der Waals surface area contributed by atoms with Gasteiger partial charge in [-0.1, -0.05) is 5.16 Å². The highest BCUT2D eigenvalue weighted by Gasteiger charge is 2.10. The van der Waals surface area contributed by atoms with Gasteiger partial charge >= 0.3 is 0 Å². The molecule has 0 aliphatic heterocycles. The number of rotatable bonds is 0. The normalized spacial score (nSPS) is 21.4. The van der Waals surface area contributed by atoms with E-state index >= 15 is 0 Å². The minimum Gasteiger partial charge on any atom is -0.508 e. The van der Waals surface area contributed by atoms with Crippen LogP contribution in [0, 0.1) is 0 Å². The third-order valence-electron chi connectivity index (χ3n) is 1.05. The van der Waals surface area contributed by atoms with Crippen LogP contribution >= 0.6 is 0 Å². The van der Waals surface area contributed by atoms with Crippen molar-refractivity contribution in [2.45, 2.75) is 0 Å². The molecule has 0 spiro atoms. The number of carbonyl (C=O) groups is 1. The Hall–Kier alpha value is -1.58. The van der Waals surface area contributed by atoms with Crippen LogP contribution < -0.4 is 0 Å². The first-order chi connectivity index (χ1) is 4.74. The van der Waals surface area contributed by atoms with Gasteiger partial charge in [0.2, 0.25) is 5.78 Å². The Morgan fingerprint density at radius 2 is 2.10 bits per heavy atom. The van der Waals surface area contributed by atoms with Gasteiger partial charge in [-0.05, 0) is 12.2 Å². The molecule has 1 aliphatic carbocycles. The zero-order valence-electron chi connectivity index (χ0n) is 4.98. The van der Waals surface area contributed by atoms with Gasteiger partial charge < -0.3 is 10.3 Å². The van der Waals surface area contributed by atoms with E-state index in [0.29, 0.717) is 0 Å². The molecule has 0 aromatic heterocycles. The molecule has 0 aromatic carbocycles. The second-order valence-electron chi connectivity index (χ2n) is 1.75. The number of hydrogen-bond acceptors (Lipinski definition) is 4. The summed E-state index contributed by atoms with van der Waals surface area (Å²) in [5.74, 6) is -0.625. The summed E-state index contributed by atoms with van der Waals surface area (Å²) in [5.41, 5.74) is -0.0715. The first kappa shape index (κ1) is 6.54. The summed E-state index contributed by atoms with van der Waals surface area (Å²) in [4.78, 5) is 10.7. The summed E-state index contributed by atoms with van der Waals surface area (Å²) in [6, 6.07) is 0. The first-order valence-electron chi connectivity index (χ1n) is 2.59. The van der Waals surface area contributed by atoms with E-state index < -0.39 is 5.78 Å². The molecular formula is C6H5NO3. The van der Waals surface area contributed by atoms with E-state index in [0.717, 1.165) is 6.08 Å². The van der Waals surface area contributed by atoms with Crippen LogP contribution in [0.15, 0.2) is 29.1 Å². The second-order valence-corrected chi connectivity index (χ2v) is 1.75. The van der Waals surface area contributed by atoms with Crippen molar-refractivity contribution in [1.82, 2.24) is 0 Å². The standard InChI is InChI=1S/C6H5NO3/c8-4-1-2-5(7-10)6(9)3-4/h1-3,8,10H. The Balaban J connectivity index is 2.95. The van der Waals surface area contributed by atoms with Gasteiger partial charge in [-0.2, -0.15) is 0 Å². The topological polar surface area (TPSA) is 69.9 Å². The third kappa shape index (κ3) is 1.05. The van der Waals surface area contributed by atoms with Crippen LogP contribution in [0.2, 0.25) is 0 Å². The Morgan fingerprint density at radius 1 is 1.40 bits per heavy atom. The Bertz CT molecular complexity index is 250. The molecule has 0 radical (unpaired) electrons. The van der Waals surface area contributed by atoms with Gasteiger partial charge in [0.25, 0.3) is 0 Å². The molecule has 0 heterocycles. The molecule has 52 valence electrons. The predicted molar refractivity (Wildman–Crippen MR) is 34.1 cm³/mol. The average molecular weight is 139 g/mol. The molecule has 0 aromatic rings.